The van der Waals surface area contributed by atoms with Crippen LogP contribution < -0.4 is 5.32 Å². The lowest BCUT2D eigenvalue weighted by Gasteiger charge is -2.07. The van der Waals surface area contributed by atoms with E-state index in [1.54, 1.807) is 6.07 Å². The third kappa shape index (κ3) is 3.68. The number of rotatable bonds is 4. The van der Waals surface area contributed by atoms with Crippen molar-refractivity contribution in [1.82, 2.24) is 4.98 Å². The number of carboxylic acids is 1. The number of nitrogens with zero attached hydrogens (tertiary/aromatic N) is 1. The summed E-state index contributed by atoms with van der Waals surface area (Å²) >= 11 is 9.14. The molecule has 2 rings (SSSR count). The number of halogens is 2. The van der Waals surface area contributed by atoms with Crippen molar-refractivity contribution < 1.29 is 9.90 Å². The second kappa shape index (κ2) is 6.04. The van der Waals surface area contributed by atoms with Gasteiger partial charge in [-0.2, -0.15) is 0 Å². The van der Waals surface area contributed by atoms with Gasteiger partial charge in [0.05, 0.1) is 5.02 Å². The van der Waals surface area contributed by atoms with Crippen LogP contribution in [0.4, 0.5) is 5.82 Å². The van der Waals surface area contributed by atoms with Crippen molar-refractivity contribution >= 4 is 39.3 Å². The molecule has 0 fully saturated rings. The van der Waals surface area contributed by atoms with Crippen molar-refractivity contribution in [1.29, 1.82) is 0 Å². The number of hydrogen-bond donors (Lipinski definition) is 2. The second-order valence-electron chi connectivity index (χ2n) is 3.82. The molecule has 0 bridgehead atoms. The smallest absolute Gasteiger partial charge is 0.356 e. The fraction of sp³-hybridized carbons (Fsp3) is 0.0769. The Balaban J connectivity index is 2.12. The first-order chi connectivity index (χ1) is 9.06. The van der Waals surface area contributed by atoms with Crippen LogP contribution in [0, 0.1) is 0 Å². The topological polar surface area (TPSA) is 62.2 Å². The van der Waals surface area contributed by atoms with Crippen molar-refractivity contribution in [3.63, 3.8) is 0 Å². The highest BCUT2D eigenvalue weighted by Gasteiger charge is 2.11. The van der Waals surface area contributed by atoms with Gasteiger partial charge in [0, 0.05) is 11.0 Å². The minimum Gasteiger partial charge on any atom is -0.476 e. The number of pyridine rings is 1. The Morgan fingerprint density at radius 1 is 1.37 bits per heavy atom. The number of carboxylic acid groups (broad SMARTS) is 1. The predicted molar refractivity (Wildman–Crippen MR) is 77.7 cm³/mol. The Morgan fingerprint density at radius 3 is 2.84 bits per heavy atom. The minimum atomic E-state index is -1.14. The first-order valence-electron chi connectivity index (χ1n) is 5.44. The van der Waals surface area contributed by atoms with Gasteiger partial charge >= 0.3 is 5.97 Å². The van der Waals surface area contributed by atoms with Crippen LogP contribution in [-0.2, 0) is 6.54 Å². The molecule has 0 saturated heterocycles. The third-order valence-corrected chi connectivity index (χ3v) is 3.21. The molecule has 2 aromatic rings. The van der Waals surface area contributed by atoms with E-state index >= 15 is 0 Å². The molecule has 1 aromatic carbocycles. The monoisotopic (exact) mass is 340 g/mol. The number of aromatic nitrogens is 1. The van der Waals surface area contributed by atoms with E-state index in [0.29, 0.717) is 12.4 Å². The highest BCUT2D eigenvalue weighted by molar-refractivity contribution is 9.10. The van der Waals surface area contributed by atoms with E-state index < -0.39 is 5.97 Å². The van der Waals surface area contributed by atoms with E-state index in [1.807, 2.05) is 24.3 Å². The van der Waals surface area contributed by atoms with E-state index in [4.69, 9.17) is 16.7 Å². The van der Waals surface area contributed by atoms with Gasteiger partial charge in [-0.1, -0.05) is 39.7 Å². The zero-order chi connectivity index (χ0) is 13.8. The van der Waals surface area contributed by atoms with Crippen molar-refractivity contribution in [2.45, 2.75) is 6.54 Å². The number of carbonyl (C=O) groups is 1. The Bertz CT molecular complexity index is 619. The van der Waals surface area contributed by atoms with Crippen LogP contribution in [0.25, 0.3) is 0 Å². The van der Waals surface area contributed by atoms with Gasteiger partial charge in [0.25, 0.3) is 0 Å². The van der Waals surface area contributed by atoms with E-state index in [1.165, 1.54) is 6.07 Å². The molecule has 4 nitrogen and oxygen atoms in total. The Kier molecular flexibility index (Phi) is 4.39. The highest BCUT2D eigenvalue weighted by Crippen LogP contribution is 2.18. The second-order valence-corrected chi connectivity index (χ2v) is 5.14. The van der Waals surface area contributed by atoms with Gasteiger partial charge in [-0.05, 0) is 29.8 Å². The Labute approximate surface area is 123 Å². The van der Waals surface area contributed by atoms with Crippen LogP contribution in [0.3, 0.4) is 0 Å². The fourth-order valence-electron chi connectivity index (χ4n) is 1.53. The summed E-state index contributed by atoms with van der Waals surface area (Å²) in [5.41, 5.74) is 0.906. The molecular weight excluding hydrogens is 332 g/mol. The fourth-order valence-corrected chi connectivity index (χ4v) is 2.16. The summed E-state index contributed by atoms with van der Waals surface area (Å²) in [6, 6.07) is 11.0. The SMILES string of the molecule is O=C(O)c1nc(NCc2cccc(Br)c2)ccc1Cl. The van der Waals surface area contributed by atoms with Gasteiger partial charge < -0.3 is 10.4 Å². The zero-order valence-corrected chi connectivity index (χ0v) is 12.1. The quantitative estimate of drug-likeness (QED) is 0.888. The molecule has 1 heterocycles. The largest absolute Gasteiger partial charge is 0.476 e. The maximum Gasteiger partial charge on any atom is 0.356 e. The van der Waals surface area contributed by atoms with Crippen LogP contribution in [0.2, 0.25) is 5.02 Å². The van der Waals surface area contributed by atoms with Crippen LogP contribution in [-0.4, -0.2) is 16.1 Å². The van der Waals surface area contributed by atoms with Crippen LogP contribution >= 0.6 is 27.5 Å². The molecule has 0 aliphatic carbocycles. The highest BCUT2D eigenvalue weighted by atomic mass is 79.9. The summed E-state index contributed by atoms with van der Waals surface area (Å²) in [5.74, 6) is -0.669. The van der Waals surface area contributed by atoms with Gasteiger partial charge in [0.1, 0.15) is 5.82 Å². The molecule has 98 valence electrons. The standard InChI is InChI=1S/C13H10BrClN2O2/c14-9-3-1-2-8(6-9)7-16-11-5-4-10(15)12(17-11)13(18)19/h1-6H,7H2,(H,16,17)(H,18,19). The summed E-state index contributed by atoms with van der Waals surface area (Å²) in [7, 11) is 0. The minimum absolute atomic E-state index is 0.125. The van der Waals surface area contributed by atoms with E-state index in [0.717, 1.165) is 10.0 Å². The number of aromatic carboxylic acids is 1. The number of nitrogens with one attached hydrogen (secondary N) is 1. The third-order valence-electron chi connectivity index (χ3n) is 2.41. The van der Waals surface area contributed by atoms with Gasteiger partial charge in [-0.15, -0.1) is 0 Å². The van der Waals surface area contributed by atoms with Gasteiger partial charge in [-0.3, -0.25) is 0 Å². The summed E-state index contributed by atoms with van der Waals surface area (Å²) in [6.45, 7) is 0.549. The predicted octanol–water partition coefficient (Wildman–Crippen LogP) is 3.81. The normalized spacial score (nSPS) is 10.2. The van der Waals surface area contributed by atoms with Crippen molar-refractivity contribution in [2.75, 3.05) is 5.32 Å². The van der Waals surface area contributed by atoms with E-state index in [9.17, 15) is 4.79 Å². The molecule has 0 aliphatic heterocycles. The first kappa shape index (κ1) is 13.8. The number of benzene rings is 1. The Morgan fingerprint density at radius 2 is 2.16 bits per heavy atom. The molecule has 1 aromatic heterocycles. The van der Waals surface area contributed by atoms with Crippen LogP contribution in [0.5, 0.6) is 0 Å². The number of anilines is 1. The van der Waals surface area contributed by atoms with Gasteiger partial charge in [-0.25, -0.2) is 9.78 Å². The van der Waals surface area contributed by atoms with E-state index in [-0.39, 0.29) is 10.7 Å². The zero-order valence-electron chi connectivity index (χ0n) is 9.73. The number of hydrogen-bond acceptors (Lipinski definition) is 3. The molecule has 0 unspecified atom stereocenters. The molecule has 0 atom stereocenters. The molecular formula is C13H10BrClN2O2. The molecule has 6 heteroatoms. The molecule has 0 spiro atoms. The van der Waals surface area contributed by atoms with Crippen molar-refractivity contribution in [3.8, 4) is 0 Å². The van der Waals surface area contributed by atoms with Crippen molar-refractivity contribution in [2.24, 2.45) is 0 Å². The van der Waals surface area contributed by atoms with Crippen LogP contribution in [0.1, 0.15) is 16.1 Å². The average Bonchev–Trinajstić information content (AvgIpc) is 2.37. The summed E-state index contributed by atoms with van der Waals surface area (Å²) in [6.07, 6.45) is 0. The van der Waals surface area contributed by atoms with Crippen LogP contribution in [0.15, 0.2) is 40.9 Å². The van der Waals surface area contributed by atoms with Gasteiger partial charge in [0.15, 0.2) is 5.69 Å². The molecule has 0 radical (unpaired) electrons. The lowest BCUT2D eigenvalue weighted by molar-refractivity contribution is 0.0691. The summed E-state index contributed by atoms with van der Waals surface area (Å²) in [4.78, 5) is 14.9. The molecule has 0 aliphatic rings. The lowest BCUT2D eigenvalue weighted by Crippen LogP contribution is -2.06. The maximum atomic E-state index is 10.9. The average molecular weight is 342 g/mol. The van der Waals surface area contributed by atoms with Crippen molar-refractivity contribution in [3.05, 3.63) is 57.2 Å². The molecule has 19 heavy (non-hydrogen) atoms. The maximum absolute atomic E-state index is 10.9. The molecule has 2 N–H and O–H groups in total. The lowest BCUT2D eigenvalue weighted by atomic mass is 10.2. The first-order valence-corrected chi connectivity index (χ1v) is 6.61. The summed E-state index contributed by atoms with van der Waals surface area (Å²) < 4.78 is 0.988. The van der Waals surface area contributed by atoms with Gasteiger partial charge in [0.2, 0.25) is 0 Å². The molecule has 0 saturated carbocycles. The summed E-state index contributed by atoms with van der Waals surface area (Å²) in [5, 5.41) is 12.1. The molecule has 0 amide bonds. The van der Waals surface area contributed by atoms with E-state index in [2.05, 4.69) is 26.2 Å². The Hall–Kier alpha value is -1.59.